The number of amides is 1. The third-order valence-electron chi connectivity index (χ3n) is 4.85. The number of hydrogen-bond donors (Lipinski definition) is 1. The molecule has 0 saturated heterocycles. The molecule has 1 amide bonds. The molecular formula is C23H26N2OS. The number of nitrogens with one attached hydrogen (secondary N) is 1. The van der Waals surface area contributed by atoms with E-state index >= 15 is 0 Å². The lowest BCUT2D eigenvalue weighted by molar-refractivity contribution is -0.111. The van der Waals surface area contributed by atoms with Crippen LogP contribution in [0.5, 0.6) is 0 Å². The van der Waals surface area contributed by atoms with Crippen LogP contribution in [0.1, 0.15) is 62.6 Å². The molecule has 0 aliphatic rings. The maximum Gasteiger partial charge on any atom is 0.250 e. The third kappa shape index (κ3) is 4.83. The Balaban J connectivity index is 1.68. The molecule has 1 aromatic heterocycles. The summed E-state index contributed by atoms with van der Waals surface area (Å²) in [5.41, 5.74) is 4.55. The van der Waals surface area contributed by atoms with E-state index in [0.29, 0.717) is 17.0 Å². The molecule has 3 aromatic rings. The van der Waals surface area contributed by atoms with Gasteiger partial charge in [0.15, 0.2) is 5.13 Å². The van der Waals surface area contributed by atoms with Crippen molar-refractivity contribution in [2.45, 2.75) is 46.0 Å². The first kappa shape index (κ1) is 19.3. The largest absolute Gasteiger partial charge is 0.298 e. The summed E-state index contributed by atoms with van der Waals surface area (Å²) in [5.74, 6) is 0.870. The van der Waals surface area contributed by atoms with Crippen molar-refractivity contribution < 1.29 is 4.79 Å². The maximum absolute atomic E-state index is 12.2. The number of thiazole rings is 1. The van der Waals surface area contributed by atoms with E-state index in [1.807, 2.05) is 24.3 Å². The minimum Gasteiger partial charge on any atom is -0.298 e. The Morgan fingerprint density at radius 1 is 1.11 bits per heavy atom. The van der Waals surface area contributed by atoms with E-state index in [1.165, 1.54) is 22.5 Å². The van der Waals surface area contributed by atoms with Gasteiger partial charge in [-0.2, -0.15) is 0 Å². The summed E-state index contributed by atoms with van der Waals surface area (Å²) in [7, 11) is 0. The van der Waals surface area contributed by atoms with Gasteiger partial charge in [-0.05, 0) is 53.2 Å². The summed E-state index contributed by atoms with van der Waals surface area (Å²) < 4.78 is 1.11. The quantitative estimate of drug-likeness (QED) is 0.492. The second-order valence-corrected chi connectivity index (χ2v) is 8.23. The fraction of sp³-hybridized carbons (Fsp3) is 0.304. The van der Waals surface area contributed by atoms with Crippen molar-refractivity contribution in [2.75, 3.05) is 5.32 Å². The van der Waals surface area contributed by atoms with Gasteiger partial charge in [0.05, 0.1) is 10.2 Å². The number of anilines is 1. The summed E-state index contributed by atoms with van der Waals surface area (Å²) >= 11 is 1.52. The van der Waals surface area contributed by atoms with Crippen molar-refractivity contribution >= 4 is 38.7 Å². The first-order valence-electron chi connectivity index (χ1n) is 9.45. The lowest BCUT2D eigenvalue weighted by Gasteiger charge is -2.07. The van der Waals surface area contributed by atoms with Gasteiger partial charge in [0, 0.05) is 6.08 Å². The standard InChI is InChI=1S/C23H26N2OS/c1-5-16(4)19-11-12-20-21(14-19)27-23(24-20)25-22(26)13-8-17-6-9-18(10-7-17)15(2)3/h6-16H,5H2,1-4H3,(H,24,25,26)/b13-8+. The molecule has 0 radical (unpaired) electrons. The molecule has 0 spiro atoms. The molecule has 0 fully saturated rings. The average molecular weight is 379 g/mol. The van der Waals surface area contributed by atoms with Crippen LogP contribution in [0.2, 0.25) is 0 Å². The number of aromatic nitrogens is 1. The predicted octanol–water partition coefficient (Wildman–Crippen LogP) is 6.59. The highest BCUT2D eigenvalue weighted by Crippen LogP contribution is 2.30. The van der Waals surface area contributed by atoms with Crippen LogP contribution in [-0.4, -0.2) is 10.9 Å². The van der Waals surface area contributed by atoms with E-state index in [0.717, 1.165) is 22.2 Å². The Morgan fingerprint density at radius 2 is 1.81 bits per heavy atom. The molecule has 0 bridgehead atoms. The van der Waals surface area contributed by atoms with Gasteiger partial charge in [-0.1, -0.05) is 69.4 Å². The zero-order chi connectivity index (χ0) is 19.4. The normalized spacial score (nSPS) is 12.8. The summed E-state index contributed by atoms with van der Waals surface area (Å²) in [6.45, 7) is 8.75. The molecule has 27 heavy (non-hydrogen) atoms. The Morgan fingerprint density at radius 3 is 2.48 bits per heavy atom. The van der Waals surface area contributed by atoms with E-state index < -0.39 is 0 Å². The van der Waals surface area contributed by atoms with Crippen LogP contribution >= 0.6 is 11.3 Å². The molecular weight excluding hydrogens is 352 g/mol. The predicted molar refractivity (Wildman–Crippen MR) is 117 cm³/mol. The van der Waals surface area contributed by atoms with Crippen molar-refractivity contribution in [3.63, 3.8) is 0 Å². The molecule has 0 aliphatic heterocycles. The van der Waals surface area contributed by atoms with E-state index in [4.69, 9.17) is 0 Å². The highest BCUT2D eigenvalue weighted by Gasteiger charge is 2.09. The molecule has 1 N–H and O–H groups in total. The van der Waals surface area contributed by atoms with Crippen LogP contribution < -0.4 is 5.32 Å². The number of carbonyl (C=O) groups excluding carboxylic acids is 1. The molecule has 1 atom stereocenters. The minimum absolute atomic E-state index is 0.163. The molecule has 0 aliphatic carbocycles. The van der Waals surface area contributed by atoms with Gasteiger partial charge < -0.3 is 0 Å². The third-order valence-corrected chi connectivity index (χ3v) is 5.79. The number of fused-ring (bicyclic) bond motifs is 1. The molecule has 0 saturated carbocycles. The summed E-state index contributed by atoms with van der Waals surface area (Å²) in [4.78, 5) is 16.7. The molecule has 1 unspecified atom stereocenters. The zero-order valence-corrected chi connectivity index (χ0v) is 17.1. The van der Waals surface area contributed by atoms with Crippen LogP contribution in [0.4, 0.5) is 5.13 Å². The van der Waals surface area contributed by atoms with Crippen molar-refractivity contribution in [3.8, 4) is 0 Å². The smallest absolute Gasteiger partial charge is 0.250 e. The lowest BCUT2D eigenvalue weighted by Crippen LogP contribution is -2.07. The van der Waals surface area contributed by atoms with Crippen molar-refractivity contribution in [2.24, 2.45) is 0 Å². The Labute approximate surface area is 165 Å². The number of benzene rings is 2. The van der Waals surface area contributed by atoms with E-state index in [1.54, 1.807) is 6.08 Å². The fourth-order valence-electron chi connectivity index (χ4n) is 2.85. The summed E-state index contributed by atoms with van der Waals surface area (Å²) in [5, 5.41) is 3.51. The monoisotopic (exact) mass is 378 g/mol. The molecule has 140 valence electrons. The van der Waals surface area contributed by atoms with Crippen LogP contribution in [-0.2, 0) is 4.79 Å². The van der Waals surface area contributed by atoms with Crippen molar-refractivity contribution in [1.82, 2.24) is 4.98 Å². The second-order valence-electron chi connectivity index (χ2n) is 7.20. The van der Waals surface area contributed by atoms with Crippen LogP contribution in [0.25, 0.3) is 16.3 Å². The number of hydrogen-bond acceptors (Lipinski definition) is 3. The second kappa shape index (κ2) is 8.49. The first-order valence-corrected chi connectivity index (χ1v) is 10.3. The SMILES string of the molecule is CCC(C)c1ccc2nc(NC(=O)/C=C/c3ccc(C(C)C)cc3)sc2c1. The van der Waals surface area contributed by atoms with Crippen molar-refractivity contribution in [3.05, 3.63) is 65.2 Å². The summed E-state index contributed by atoms with van der Waals surface area (Å²) in [6.07, 6.45) is 4.49. The lowest BCUT2D eigenvalue weighted by atomic mass is 9.99. The van der Waals surface area contributed by atoms with Gasteiger partial charge in [-0.25, -0.2) is 4.98 Å². The fourth-order valence-corrected chi connectivity index (χ4v) is 3.77. The average Bonchev–Trinajstić information content (AvgIpc) is 3.07. The molecule has 4 heteroatoms. The Kier molecular flexibility index (Phi) is 6.07. The van der Waals surface area contributed by atoms with Crippen LogP contribution in [0, 0.1) is 0 Å². The minimum atomic E-state index is -0.163. The summed E-state index contributed by atoms with van der Waals surface area (Å²) in [6, 6.07) is 14.6. The van der Waals surface area contributed by atoms with Gasteiger partial charge in [0.25, 0.3) is 0 Å². The van der Waals surface area contributed by atoms with Crippen molar-refractivity contribution in [1.29, 1.82) is 0 Å². The molecule has 1 heterocycles. The number of nitrogens with zero attached hydrogens (tertiary/aromatic N) is 1. The van der Waals surface area contributed by atoms with Crippen LogP contribution in [0.15, 0.2) is 48.5 Å². The van der Waals surface area contributed by atoms with Gasteiger partial charge in [0.2, 0.25) is 5.91 Å². The number of carbonyl (C=O) groups is 1. The van der Waals surface area contributed by atoms with Gasteiger partial charge in [-0.3, -0.25) is 10.1 Å². The van der Waals surface area contributed by atoms with E-state index in [2.05, 4.69) is 62.3 Å². The van der Waals surface area contributed by atoms with E-state index in [9.17, 15) is 4.79 Å². The maximum atomic E-state index is 12.2. The molecule has 3 rings (SSSR count). The van der Waals surface area contributed by atoms with Gasteiger partial charge in [0.1, 0.15) is 0 Å². The van der Waals surface area contributed by atoms with Gasteiger partial charge in [-0.15, -0.1) is 0 Å². The Bertz CT molecular complexity index is 954. The highest BCUT2D eigenvalue weighted by atomic mass is 32.1. The van der Waals surface area contributed by atoms with Gasteiger partial charge >= 0.3 is 0 Å². The highest BCUT2D eigenvalue weighted by molar-refractivity contribution is 7.22. The Hall–Kier alpha value is -2.46. The van der Waals surface area contributed by atoms with Crippen LogP contribution in [0.3, 0.4) is 0 Å². The molecule has 3 nitrogen and oxygen atoms in total. The molecule has 2 aromatic carbocycles. The first-order chi connectivity index (χ1) is 13.0. The topological polar surface area (TPSA) is 42.0 Å². The number of rotatable bonds is 6. The van der Waals surface area contributed by atoms with E-state index in [-0.39, 0.29) is 5.91 Å². The zero-order valence-electron chi connectivity index (χ0n) is 16.3.